The highest BCUT2D eigenvalue weighted by atomic mass is 79.9. The molecular weight excluding hydrogens is 379 g/mol. The van der Waals surface area contributed by atoms with Crippen LogP contribution in [0, 0.1) is 0 Å². The molecule has 0 atom stereocenters. The molecule has 2 nitrogen and oxygen atoms in total. The number of hydrogen-bond donors (Lipinski definition) is 0. The molecule has 2 aromatic rings. The van der Waals surface area contributed by atoms with Crippen molar-refractivity contribution in [2.75, 3.05) is 0 Å². The highest BCUT2D eigenvalue weighted by Crippen LogP contribution is 2.32. The Kier molecular flexibility index (Phi) is 5.73. The summed E-state index contributed by atoms with van der Waals surface area (Å²) >= 11 is 17.5. The van der Waals surface area contributed by atoms with Crippen LogP contribution >= 0.6 is 50.9 Å². The van der Waals surface area contributed by atoms with Gasteiger partial charge in [-0.2, -0.15) is 0 Å². The number of nitrogens with zero attached hydrogens (tertiary/aromatic N) is 2. The third kappa shape index (κ3) is 3.88. The fourth-order valence-electron chi connectivity index (χ4n) is 1.70. The van der Waals surface area contributed by atoms with Crippen LogP contribution in [0.4, 0.5) is 0 Å². The van der Waals surface area contributed by atoms with Crippen molar-refractivity contribution >= 4 is 50.9 Å². The van der Waals surface area contributed by atoms with Crippen LogP contribution in [0.15, 0.2) is 33.6 Å². The van der Waals surface area contributed by atoms with E-state index in [9.17, 15) is 0 Å². The summed E-state index contributed by atoms with van der Waals surface area (Å²) < 4.78 is 1.06. The first-order valence-electron chi connectivity index (χ1n) is 6.08. The summed E-state index contributed by atoms with van der Waals surface area (Å²) in [5.41, 5.74) is 0.808. The topological polar surface area (TPSA) is 25.8 Å². The molecule has 0 radical (unpaired) electrons. The lowest BCUT2D eigenvalue weighted by atomic mass is 10.1. The number of rotatable bonds is 4. The number of aromatic nitrogens is 2. The van der Waals surface area contributed by atoms with Crippen molar-refractivity contribution in [2.24, 2.45) is 0 Å². The number of benzene rings is 1. The zero-order valence-corrected chi connectivity index (χ0v) is 14.9. The van der Waals surface area contributed by atoms with Crippen molar-refractivity contribution in [1.82, 2.24) is 9.97 Å². The summed E-state index contributed by atoms with van der Waals surface area (Å²) in [6, 6.07) is 8.02. The molecule has 1 aromatic heterocycles. The van der Waals surface area contributed by atoms with Crippen molar-refractivity contribution in [1.29, 1.82) is 0 Å². The second-order valence-corrected chi connectivity index (χ2v) is 7.10. The summed E-state index contributed by atoms with van der Waals surface area (Å²) in [6.45, 7) is 4.04. The average Bonchev–Trinajstić information content (AvgIpc) is 2.36. The molecule has 0 fully saturated rings. The number of halogens is 3. The molecule has 1 aromatic carbocycles. The van der Waals surface area contributed by atoms with Crippen molar-refractivity contribution in [3.8, 4) is 0 Å². The molecule has 20 heavy (non-hydrogen) atoms. The van der Waals surface area contributed by atoms with Gasteiger partial charge in [0.15, 0.2) is 0 Å². The molecule has 0 saturated heterocycles. The van der Waals surface area contributed by atoms with Gasteiger partial charge in [0.05, 0.1) is 5.75 Å². The summed E-state index contributed by atoms with van der Waals surface area (Å²) in [5, 5.41) is 0.894. The first-order chi connectivity index (χ1) is 9.49. The minimum absolute atomic E-state index is 0.208. The molecule has 0 amide bonds. The SMILES string of the molecule is CC(C)c1c(Cl)nc(CSc2ccccc2Br)nc1Cl. The fraction of sp³-hybridized carbons (Fsp3) is 0.286. The highest BCUT2D eigenvalue weighted by molar-refractivity contribution is 9.10. The van der Waals surface area contributed by atoms with E-state index in [4.69, 9.17) is 23.2 Å². The molecule has 6 heteroatoms. The molecule has 2 rings (SSSR count). The van der Waals surface area contributed by atoms with E-state index < -0.39 is 0 Å². The smallest absolute Gasteiger partial charge is 0.142 e. The number of thioether (sulfide) groups is 1. The van der Waals surface area contributed by atoms with E-state index in [1.807, 2.05) is 38.1 Å². The average molecular weight is 392 g/mol. The Bertz CT molecular complexity index is 597. The number of hydrogen-bond acceptors (Lipinski definition) is 3. The zero-order valence-electron chi connectivity index (χ0n) is 11.0. The van der Waals surface area contributed by atoms with E-state index in [0.717, 1.165) is 14.9 Å². The summed E-state index contributed by atoms with van der Waals surface area (Å²) in [5.74, 6) is 1.48. The van der Waals surface area contributed by atoms with Crippen LogP contribution < -0.4 is 0 Å². The first-order valence-corrected chi connectivity index (χ1v) is 8.61. The van der Waals surface area contributed by atoms with E-state index >= 15 is 0 Å². The van der Waals surface area contributed by atoms with Crippen LogP contribution in [-0.4, -0.2) is 9.97 Å². The van der Waals surface area contributed by atoms with Gasteiger partial charge in [0, 0.05) is 14.9 Å². The van der Waals surface area contributed by atoms with E-state index in [0.29, 0.717) is 21.9 Å². The van der Waals surface area contributed by atoms with Crippen LogP contribution in [0.1, 0.15) is 31.2 Å². The van der Waals surface area contributed by atoms with Crippen molar-refractivity contribution in [3.05, 3.63) is 50.4 Å². The van der Waals surface area contributed by atoms with Gasteiger partial charge in [0.25, 0.3) is 0 Å². The Morgan fingerprint density at radius 3 is 2.30 bits per heavy atom. The summed E-state index contributed by atoms with van der Waals surface area (Å²) in [6.07, 6.45) is 0. The largest absolute Gasteiger partial charge is 0.220 e. The Labute approximate surface area is 141 Å². The van der Waals surface area contributed by atoms with Gasteiger partial charge in [-0.25, -0.2) is 9.97 Å². The first kappa shape index (κ1) is 16.1. The van der Waals surface area contributed by atoms with Crippen molar-refractivity contribution in [2.45, 2.75) is 30.4 Å². The monoisotopic (exact) mass is 390 g/mol. The van der Waals surface area contributed by atoms with Gasteiger partial charge in [0.2, 0.25) is 0 Å². The molecule has 0 bridgehead atoms. The molecule has 1 heterocycles. The molecule has 106 valence electrons. The lowest BCUT2D eigenvalue weighted by molar-refractivity contribution is 0.837. The molecule has 0 aliphatic heterocycles. The van der Waals surface area contributed by atoms with E-state index in [1.165, 1.54) is 0 Å². The summed E-state index contributed by atoms with van der Waals surface area (Å²) in [7, 11) is 0. The minimum Gasteiger partial charge on any atom is -0.220 e. The maximum atomic E-state index is 6.19. The van der Waals surface area contributed by atoms with Gasteiger partial charge in [-0.1, -0.05) is 49.2 Å². The van der Waals surface area contributed by atoms with Crippen LogP contribution in [0.5, 0.6) is 0 Å². The molecule has 0 spiro atoms. The normalized spacial score (nSPS) is 11.1. The van der Waals surface area contributed by atoms with Crippen LogP contribution in [0.3, 0.4) is 0 Å². The van der Waals surface area contributed by atoms with Gasteiger partial charge in [-0.05, 0) is 34.0 Å². The van der Waals surface area contributed by atoms with Gasteiger partial charge >= 0.3 is 0 Å². The van der Waals surface area contributed by atoms with Gasteiger partial charge in [-0.3, -0.25) is 0 Å². The zero-order chi connectivity index (χ0) is 14.7. The lowest BCUT2D eigenvalue weighted by Gasteiger charge is -2.11. The second-order valence-electron chi connectivity index (χ2n) is 4.51. The van der Waals surface area contributed by atoms with Crippen LogP contribution in [0.2, 0.25) is 10.3 Å². The third-order valence-corrected chi connectivity index (χ3v) is 5.27. The molecule has 0 saturated carbocycles. The molecular formula is C14H13BrCl2N2S. The Balaban J connectivity index is 2.17. The predicted molar refractivity (Wildman–Crippen MR) is 89.8 cm³/mol. The van der Waals surface area contributed by atoms with Crippen LogP contribution in [-0.2, 0) is 5.75 Å². The van der Waals surface area contributed by atoms with Gasteiger partial charge < -0.3 is 0 Å². The van der Waals surface area contributed by atoms with E-state index in [-0.39, 0.29) is 5.92 Å². The van der Waals surface area contributed by atoms with E-state index in [1.54, 1.807) is 11.8 Å². The lowest BCUT2D eigenvalue weighted by Crippen LogP contribution is -2.01. The Morgan fingerprint density at radius 1 is 1.15 bits per heavy atom. The Hall–Kier alpha value is -0.290. The van der Waals surface area contributed by atoms with Gasteiger partial charge in [-0.15, -0.1) is 11.8 Å². The fourth-order valence-corrected chi connectivity index (χ4v) is 3.98. The van der Waals surface area contributed by atoms with Crippen molar-refractivity contribution < 1.29 is 0 Å². The standard InChI is InChI=1S/C14H13BrCl2N2S/c1-8(2)12-13(16)18-11(19-14(12)17)7-20-10-6-4-3-5-9(10)15/h3-6,8H,7H2,1-2H3. The summed E-state index contributed by atoms with van der Waals surface area (Å²) in [4.78, 5) is 9.80. The maximum absolute atomic E-state index is 6.19. The quantitative estimate of drug-likeness (QED) is 0.474. The Morgan fingerprint density at radius 2 is 1.75 bits per heavy atom. The predicted octanol–water partition coefficient (Wildman–Crippen LogP) is 5.96. The molecule has 0 unspecified atom stereocenters. The molecule has 0 N–H and O–H groups in total. The molecule has 0 aliphatic rings. The minimum atomic E-state index is 0.208. The maximum Gasteiger partial charge on any atom is 0.142 e. The molecule has 0 aliphatic carbocycles. The van der Waals surface area contributed by atoms with E-state index in [2.05, 4.69) is 25.9 Å². The van der Waals surface area contributed by atoms with Crippen LogP contribution in [0.25, 0.3) is 0 Å². The van der Waals surface area contributed by atoms with Gasteiger partial charge in [0.1, 0.15) is 16.1 Å². The third-order valence-electron chi connectivity index (χ3n) is 2.67. The van der Waals surface area contributed by atoms with Crippen molar-refractivity contribution in [3.63, 3.8) is 0 Å². The second kappa shape index (κ2) is 7.12. The highest BCUT2D eigenvalue weighted by Gasteiger charge is 2.15.